The molecule has 0 radical (unpaired) electrons. The molecule has 0 N–H and O–H groups in total. The smallest absolute Gasteiger partial charge is 0.137 e. The van der Waals surface area contributed by atoms with Crippen LogP contribution in [0.15, 0.2) is 42.9 Å². The molecule has 96 valence electrons. The number of aromatic nitrogens is 3. The van der Waals surface area contributed by atoms with Gasteiger partial charge in [-0.2, -0.15) is 0 Å². The van der Waals surface area contributed by atoms with Crippen molar-refractivity contribution in [3.05, 3.63) is 54.1 Å². The van der Waals surface area contributed by atoms with Crippen LogP contribution in [0.3, 0.4) is 0 Å². The third-order valence-corrected chi connectivity index (χ3v) is 3.34. The van der Waals surface area contributed by atoms with E-state index in [1.807, 2.05) is 25.1 Å². The maximum absolute atomic E-state index is 6.35. The number of imidazole rings is 1. The summed E-state index contributed by atoms with van der Waals surface area (Å²) in [6, 6.07) is 7.99. The summed E-state index contributed by atoms with van der Waals surface area (Å²) in [4.78, 5) is 8.74. The van der Waals surface area contributed by atoms with Crippen LogP contribution >= 0.6 is 11.6 Å². The van der Waals surface area contributed by atoms with Gasteiger partial charge in [-0.05, 0) is 37.6 Å². The second-order valence-corrected chi connectivity index (χ2v) is 5.29. The number of aryl methyl sites for hydroxylation is 1. The Labute approximate surface area is 116 Å². The van der Waals surface area contributed by atoms with Crippen LogP contribution in [0, 0.1) is 6.92 Å². The molecule has 0 aliphatic rings. The lowest BCUT2D eigenvalue weighted by molar-refractivity contribution is 0.959. The quantitative estimate of drug-likeness (QED) is 0.660. The molecule has 0 spiro atoms. The molecule has 0 aromatic carbocycles. The summed E-state index contributed by atoms with van der Waals surface area (Å²) >= 11 is 6.35. The molecular weight excluding hydrogens is 258 g/mol. The average Bonchev–Trinajstić information content (AvgIpc) is 2.78. The van der Waals surface area contributed by atoms with Gasteiger partial charge in [0.1, 0.15) is 5.65 Å². The molecule has 1 unspecified atom stereocenters. The Balaban J connectivity index is 2.33. The topological polar surface area (TPSA) is 30.2 Å². The van der Waals surface area contributed by atoms with Gasteiger partial charge in [0.05, 0.1) is 16.8 Å². The van der Waals surface area contributed by atoms with Crippen molar-refractivity contribution in [1.82, 2.24) is 14.4 Å². The Bertz CT molecular complexity index is 717. The SMILES string of the molecule is Cc1ccc2nc(-c3ccncc3)c(C(C)Cl)n2c1. The van der Waals surface area contributed by atoms with Crippen LogP contribution in [0.4, 0.5) is 0 Å². The number of rotatable bonds is 2. The standard InChI is InChI=1S/C15H14ClN3/c1-10-3-4-13-18-14(12-5-7-17-8-6-12)15(11(2)16)19(13)9-10/h3-9,11H,1-2H3. The van der Waals surface area contributed by atoms with Crippen molar-refractivity contribution in [2.45, 2.75) is 19.2 Å². The molecule has 3 heterocycles. The Morgan fingerprint density at radius 3 is 2.58 bits per heavy atom. The molecule has 0 bridgehead atoms. The van der Waals surface area contributed by atoms with Crippen LogP contribution < -0.4 is 0 Å². The van der Waals surface area contributed by atoms with E-state index in [0.29, 0.717) is 0 Å². The molecule has 4 heteroatoms. The van der Waals surface area contributed by atoms with E-state index < -0.39 is 0 Å². The molecule has 1 atom stereocenters. The monoisotopic (exact) mass is 271 g/mol. The lowest BCUT2D eigenvalue weighted by atomic mass is 10.1. The molecular formula is C15H14ClN3. The lowest BCUT2D eigenvalue weighted by Crippen LogP contribution is -1.96. The number of alkyl halides is 1. The van der Waals surface area contributed by atoms with Gasteiger partial charge >= 0.3 is 0 Å². The van der Waals surface area contributed by atoms with Crippen molar-refractivity contribution in [2.75, 3.05) is 0 Å². The third kappa shape index (κ3) is 2.10. The number of hydrogen-bond donors (Lipinski definition) is 0. The van der Waals surface area contributed by atoms with Gasteiger partial charge in [-0.25, -0.2) is 4.98 Å². The second-order valence-electron chi connectivity index (χ2n) is 4.63. The van der Waals surface area contributed by atoms with E-state index in [9.17, 15) is 0 Å². The molecule has 0 aliphatic carbocycles. The zero-order valence-corrected chi connectivity index (χ0v) is 11.6. The predicted molar refractivity (Wildman–Crippen MR) is 77.4 cm³/mol. The molecule has 3 aromatic heterocycles. The summed E-state index contributed by atoms with van der Waals surface area (Å²) in [5, 5.41) is -0.111. The van der Waals surface area contributed by atoms with Crippen molar-refractivity contribution in [2.24, 2.45) is 0 Å². The van der Waals surface area contributed by atoms with E-state index >= 15 is 0 Å². The van der Waals surface area contributed by atoms with Crippen LogP contribution in [-0.2, 0) is 0 Å². The molecule has 0 fully saturated rings. The number of hydrogen-bond acceptors (Lipinski definition) is 2. The maximum Gasteiger partial charge on any atom is 0.137 e. The van der Waals surface area contributed by atoms with Crippen molar-refractivity contribution < 1.29 is 0 Å². The highest BCUT2D eigenvalue weighted by Crippen LogP contribution is 2.31. The molecule has 0 saturated carbocycles. The molecule has 3 nitrogen and oxygen atoms in total. The Morgan fingerprint density at radius 2 is 1.89 bits per heavy atom. The summed E-state index contributed by atoms with van der Waals surface area (Å²) in [5.74, 6) is 0. The fourth-order valence-electron chi connectivity index (χ4n) is 2.27. The van der Waals surface area contributed by atoms with Crippen molar-refractivity contribution in [1.29, 1.82) is 0 Å². The van der Waals surface area contributed by atoms with Gasteiger partial charge < -0.3 is 4.40 Å². The number of pyridine rings is 2. The van der Waals surface area contributed by atoms with Crippen LogP contribution in [0.5, 0.6) is 0 Å². The predicted octanol–water partition coefficient (Wildman–Crippen LogP) is 4.00. The molecule has 0 amide bonds. The van der Waals surface area contributed by atoms with Gasteiger partial charge in [0.25, 0.3) is 0 Å². The minimum atomic E-state index is -0.111. The first-order valence-electron chi connectivity index (χ1n) is 6.20. The normalized spacial score (nSPS) is 12.8. The van der Waals surface area contributed by atoms with Gasteiger partial charge in [-0.3, -0.25) is 4.98 Å². The van der Waals surface area contributed by atoms with Crippen molar-refractivity contribution >= 4 is 17.2 Å². The van der Waals surface area contributed by atoms with Gasteiger partial charge in [0, 0.05) is 24.2 Å². The van der Waals surface area contributed by atoms with Crippen molar-refractivity contribution in [3.8, 4) is 11.3 Å². The van der Waals surface area contributed by atoms with Gasteiger partial charge in [-0.15, -0.1) is 11.6 Å². The maximum atomic E-state index is 6.35. The Morgan fingerprint density at radius 1 is 1.16 bits per heavy atom. The van der Waals surface area contributed by atoms with E-state index in [0.717, 1.165) is 22.6 Å². The van der Waals surface area contributed by atoms with Gasteiger partial charge in [0.15, 0.2) is 0 Å². The van der Waals surface area contributed by atoms with Crippen LogP contribution in [0.25, 0.3) is 16.9 Å². The molecule has 3 aromatic rings. The van der Waals surface area contributed by atoms with Crippen LogP contribution in [0.1, 0.15) is 23.6 Å². The highest BCUT2D eigenvalue weighted by atomic mass is 35.5. The van der Waals surface area contributed by atoms with Gasteiger partial charge in [0.2, 0.25) is 0 Å². The number of fused-ring (bicyclic) bond motifs is 1. The van der Waals surface area contributed by atoms with E-state index in [-0.39, 0.29) is 5.38 Å². The first kappa shape index (κ1) is 12.2. The summed E-state index contributed by atoms with van der Waals surface area (Å²) in [7, 11) is 0. The third-order valence-electron chi connectivity index (χ3n) is 3.13. The van der Waals surface area contributed by atoms with Crippen LogP contribution in [0.2, 0.25) is 0 Å². The zero-order chi connectivity index (χ0) is 13.4. The minimum absolute atomic E-state index is 0.111. The largest absolute Gasteiger partial charge is 0.302 e. The lowest BCUT2D eigenvalue weighted by Gasteiger charge is -2.07. The van der Waals surface area contributed by atoms with E-state index in [4.69, 9.17) is 16.6 Å². The molecule has 0 aliphatic heterocycles. The van der Waals surface area contributed by atoms with Crippen LogP contribution in [-0.4, -0.2) is 14.4 Å². The Kier molecular flexibility index (Phi) is 2.99. The number of nitrogens with zero attached hydrogens (tertiary/aromatic N) is 3. The average molecular weight is 272 g/mol. The Hall–Kier alpha value is -1.87. The summed E-state index contributed by atoms with van der Waals surface area (Å²) in [6.45, 7) is 4.03. The van der Waals surface area contributed by atoms with E-state index in [2.05, 4.69) is 28.6 Å². The molecule has 0 saturated heterocycles. The van der Waals surface area contributed by atoms with E-state index in [1.165, 1.54) is 5.56 Å². The first-order valence-corrected chi connectivity index (χ1v) is 6.63. The number of halogens is 1. The van der Waals surface area contributed by atoms with Gasteiger partial charge in [-0.1, -0.05) is 6.07 Å². The van der Waals surface area contributed by atoms with Crippen molar-refractivity contribution in [3.63, 3.8) is 0 Å². The highest BCUT2D eigenvalue weighted by Gasteiger charge is 2.17. The fraction of sp³-hybridized carbons (Fsp3) is 0.200. The summed E-state index contributed by atoms with van der Waals surface area (Å²) < 4.78 is 2.07. The highest BCUT2D eigenvalue weighted by molar-refractivity contribution is 6.20. The fourth-order valence-corrected chi connectivity index (χ4v) is 2.48. The molecule has 19 heavy (non-hydrogen) atoms. The molecule has 3 rings (SSSR count). The minimum Gasteiger partial charge on any atom is -0.302 e. The zero-order valence-electron chi connectivity index (χ0n) is 10.8. The van der Waals surface area contributed by atoms with E-state index in [1.54, 1.807) is 12.4 Å². The first-order chi connectivity index (χ1) is 9.16. The summed E-state index contributed by atoms with van der Waals surface area (Å²) in [5.41, 5.74) is 5.09. The summed E-state index contributed by atoms with van der Waals surface area (Å²) in [6.07, 6.45) is 5.61. The second kappa shape index (κ2) is 4.67.